The van der Waals surface area contributed by atoms with Gasteiger partial charge in [-0.05, 0) is 13.8 Å². The lowest BCUT2D eigenvalue weighted by molar-refractivity contribution is 0.0524. The standard InChI is InChI=1S/C16H15N3O2/c1-3-21-16(20)13-10-17-15-9-14(18-19(15)11(13)2)12-7-5-4-6-8-12/h4-10H,3H2,1-2H3. The van der Waals surface area contributed by atoms with E-state index in [-0.39, 0.29) is 5.97 Å². The SMILES string of the molecule is CCOC(=O)c1cnc2cc(-c3ccccc3)nn2c1C. The van der Waals surface area contributed by atoms with E-state index >= 15 is 0 Å². The van der Waals surface area contributed by atoms with Crippen LogP contribution < -0.4 is 0 Å². The van der Waals surface area contributed by atoms with Crippen molar-refractivity contribution in [3.05, 3.63) is 53.9 Å². The first-order valence-electron chi connectivity index (χ1n) is 6.78. The van der Waals surface area contributed by atoms with Crippen LogP contribution in [0.2, 0.25) is 0 Å². The maximum Gasteiger partial charge on any atom is 0.341 e. The summed E-state index contributed by atoms with van der Waals surface area (Å²) in [5.74, 6) is -0.374. The van der Waals surface area contributed by atoms with Gasteiger partial charge in [-0.1, -0.05) is 30.3 Å². The number of benzene rings is 1. The summed E-state index contributed by atoms with van der Waals surface area (Å²) in [5, 5.41) is 4.53. The lowest BCUT2D eigenvalue weighted by Crippen LogP contribution is -2.11. The lowest BCUT2D eigenvalue weighted by Gasteiger charge is -2.06. The number of fused-ring (bicyclic) bond motifs is 1. The third-order valence-corrected chi connectivity index (χ3v) is 3.29. The van der Waals surface area contributed by atoms with Crippen LogP contribution in [0.3, 0.4) is 0 Å². The van der Waals surface area contributed by atoms with Crippen molar-refractivity contribution in [3.8, 4) is 11.3 Å². The molecule has 5 heteroatoms. The van der Waals surface area contributed by atoms with E-state index in [1.165, 1.54) is 0 Å². The van der Waals surface area contributed by atoms with Gasteiger partial charge >= 0.3 is 5.97 Å². The van der Waals surface area contributed by atoms with Crippen LogP contribution in [-0.2, 0) is 4.74 Å². The second-order valence-electron chi connectivity index (χ2n) is 4.64. The van der Waals surface area contributed by atoms with Gasteiger partial charge in [0.2, 0.25) is 0 Å². The average Bonchev–Trinajstić information content (AvgIpc) is 2.94. The van der Waals surface area contributed by atoms with E-state index in [4.69, 9.17) is 4.74 Å². The minimum Gasteiger partial charge on any atom is -0.462 e. The summed E-state index contributed by atoms with van der Waals surface area (Å²) in [6.07, 6.45) is 1.54. The number of hydrogen-bond donors (Lipinski definition) is 0. The molecule has 21 heavy (non-hydrogen) atoms. The number of aryl methyl sites for hydroxylation is 1. The first-order chi connectivity index (χ1) is 10.2. The average molecular weight is 281 g/mol. The Bertz CT molecular complexity index is 794. The van der Waals surface area contributed by atoms with Gasteiger partial charge in [0.05, 0.1) is 23.6 Å². The first kappa shape index (κ1) is 13.3. The van der Waals surface area contributed by atoms with Crippen molar-refractivity contribution in [2.45, 2.75) is 13.8 Å². The smallest absolute Gasteiger partial charge is 0.341 e. The summed E-state index contributed by atoms with van der Waals surface area (Å²) < 4.78 is 6.70. The highest BCUT2D eigenvalue weighted by molar-refractivity contribution is 5.90. The fourth-order valence-electron chi connectivity index (χ4n) is 2.21. The molecule has 0 aliphatic carbocycles. The topological polar surface area (TPSA) is 56.5 Å². The van der Waals surface area contributed by atoms with E-state index < -0.39 is 0 Å². The van der Waals surface area contributed by atoms with Crippen molar-refractivity contribution >= 4 is 11.6 Å². The Balaban J connectivity index is 2.10. The van der Waals surface area contributed by atoms with Crippen LogP contribution in [0, 0.1) is 6.92 Å². The molecular weight excluding hydrogens is 266 g/mol. The molecule has 0 aliphatic rings. The molecule has 3 aromatic rings. The molecule has 0 fully saturated rings. The van der Waals surface area contributed by atoms with E-state index in [2.05, 4.69) is 10.1 Å². The molecule has 0 saturated carbocycles. The second kappa shape index (κ2) is 5.36. The molecular formula is C16H15N3O2. The largest absolute Gasteiger partial charge is 0.462 e. The van der Waals surface area contributed by atoms with Crippen LogP contribution in [0.1, 0.15) is 23.0 Å². The summed E-state index contributed by atoms with van der Waals surface area (Å²) in [4.78, 5) is 16.2. The summed E-state index contributed by atoms with van der Waals surface area (Å²) in [6, 6.07) is 11.8. The number of carbonyl (C=O) groups is 1. The van der Waals surface area contributed by atoms with Crippen LogP contribution in [0.5, 0.6) is 0 Å². The molecule has 106 valence electrons. The zero-order chi connectivity index (χ0) is 14.8. The van der Waals surface area contributed by atoms with Gasteiger partial charge in [-0.15, -0.1) is 0 Å². The number of aromatic nitrogens is 3. The Morgan fingerprint density at radius 3 is 2.76 bits per heavy atom. The zero-order valence-electron chi connectivity index (χ0n) is 11.9. The molecule has 0 unspecified atom stereocenters. The fraction of sp³-hybridized carbons (Fsp3) is 0.188. The zero-order valence-corrected chi connectivity index (χ0v) is 11.9. The molecule has 5 nitrogen and oxygen atoms in total. The second-order valence-corrected chi connectivity index (χ2v) is 4.64. The summed E-state index contributed by atoms with van der Waals surface area (Å²) in [7, 11) is 0. The Morgan fingerprint density at radius 1 is 1.29 bits per heavy atom. The van der Waals surface area contributed by atoms with E-state index in [9.17, 15) is 4.79 Å². The number of rotatable bonds is 3. The third-order valence-electron chi connectivity index (χ3n) is 3.29. The quantitative estimate of drug-likeness (QED) is 0.693. The minimum absolute atomic E-state index is 0.338. The molecule has 3 rings (SSSR count). The summed E-state index contributed by atoms with van der Waals surface area (Å²) in [5.41, 5.74) is 3.71. The van der Waals surface area contributed by atoms with Crippen LogP contribution >= 0.6 is 0 Å². The number of ether oxygens (including phenoxy) is 1. The summed E-state index contributed by atoms with van der Waals surface area (Å²) >= 11 is 0. The maximum absolute atomic E-state index is 11.9. The molecule has 2 heterocycles. The molecule has 1 aromatic carbocycles. The molecule has 0 N–H and O–H groups in total. The van der Waals surface area contributed by atoms with Gasteiger partial charge < -0.3 is 4.74 Å². The van der Waals surface area contributed by atoms with Crippen molar-refractivity contribution in [3.63, 3.8) is 0 Å². The Labute approximate surface area is 122 Å². The maximum atomic E-state index is 11.9. The van der Waals surface area contributed by atoms with Gasteiger partial charge in [-0.3, -0.25) is 0 Å². The molecule has 0 bridgehead atoms. The van der Waals surface area contributed by atoms with Crippen molar-refractivity contribution in [1.29, 1.82) is 0 Å². The van der Waals surface area contributed by atoms with Crippen molar-refractivity contribution in [1.82, 2.24) is 14.6 Å². The van der Waals surface area contributed by atoms with Crippen molar-refractivity contribution in [2.75, 3.05) is 6.61 Å². The monoisotopic (exact) mass is 281 g/mol. The van der Waals surface area contributed by atoms with Crippen molar-refractivity contribution in [2.24, 2.45) is 0 Å². The predicted octanol–water partition coefficient (Wildman–Crippen LogP) is 2.88. The highest BCUT2D eigenvalue weighted by atomic mass is 16.5. The molecule has 0 amide bonds. The van der Waals surface area contributed by atoms with E-state index in [1.54, 1.807) is 17.6 Å². The minimum atomic E-state index is -0.374. The number of esters is 1. The molecule has 0 aliphatic heterocycles. The Kier molecular flexibility index (Phi) is 3.39. The van der Waals surface area contributed by atoms with Gasteiger partial charge in [0, 0.05) is 17.8 Å². The Morgan fingerprint density at radius 2 is 2.05 bits per heavy atom. The third kappa shape index (κ3) is 2.38. The normalized spacial score (nSPS) is 10.8. The predicted molar refractivity (Wildman–Crippen MR) is 79.1 cm³/mol. The number of nitrogens with zero attached hydrogens (tertiary/aromatic N) is 3. The van der Waals surface area contributed by atoms with Gasteiger partial charge in [0.15, 0.2) is 5.65 Å². The molecule has 0 saturated heterocycles. The van der Waals surface area contributed by atoms with Gasteiger partial charge in [0.25, 0.3) is 0 Å². The van der Waals surface area contributed by atoms with Crippen LogP contribution in [0.15, 0.2) is 42.6 Å². The highest BCUT2D eigenvalue weighted by Gasteiger charge is 2.15. The molecule has 0 atom stereocenters. The van der Waals surface area contributed by atoms with E-state index in [0.717, 1.165) is 17.0 Å². The number of hydrogen-bond acceptors (Lipinski definition) is 4. The Hall–Kier alpha value is -2.69. The van der Waals surface area contributed by atoms with E-state index in [0.29, 0.717) is 17.8 Å². The van der Waals surface area contributed by atoms with Gasteiger partial charge in [-0.25, -0.2) is 14.3 Å². The number of carbonyl (C=O) groups excluding carboxylic acids is 1. The van der Waals surface area contributed by atoms with Gasteiger partial charge in [0.1, 0.15) is 0 Å². The first-order valence-corrected chi connectivity index (χ1v) is 6.78. The van der Waals surface area contributed by atoms with Crippen LogP contribution in [0.4, 0.5) is 0 Å². The van der Waals surface area contributed by atoms with Crippen molar-refractivity contribution < 1.29 is 9.53 Å². The fourth-order valence-corrected chi connectivity index (χ4v) is 2.21. The van der Waals surface area contributed by atoms with Gasteiger partial charge in [-0.2, -0.15) is 5.10 Å². The molecule has 2 aromatic heterocycles. The lowest BCUT2D eigenvalue weighted by atomic mass is 10.2. The molecule has 0 radical (unpaired) electrons. The highest BCUT2D eigenvalue weighted by Crippen LogP contribution is 2.20. The van der Waals surface area contributed by atoms with E-state index in [1.807, 2.05) is 43.3 Å². The van der Waals surface area contributed by atoms with Crippen LogP contribution in [0.25, 0.3) is 16.9 Å². The summed E-state index contributed by atoms with van der Waals surface area (Å²) in [6.45, 7) is 3.95. The van der Waals surface area contributed by atoms with Crippen LogP contribution in [-0.4, -0.2) is 27.2 Å². The molecule has 0 spiro atoms.